The Labute approximate surface area is 86.8 Å². The molecule has 0 aromatic carbocycles. The summed E-state index contributed by atoms with van der Waals surface area (Å²) in [5.74, 6) is 0. The van der Waals surface area contributed by atoms with Crippen LogP contribution in [0.1, 0.15) is 39.0 Å². The van der Waals surface area contributed by atoms with Gasteiger partial charge in [-0.05, 0) is 38.6 Å². The van der Waals surface area contributed by atoms with Crippen molar-refractivity contribution in [2.75, 3.05) is 19.8 Å². The van der Waals surface area contributed by atoms with Crippen LogP contribution in [0.15, 0.2) is 0 Å². The molecule has 3 heteroatoms. The van der Waals surface area contributed by atoms with E-state index < -0.39 is 0 Å². The maximum Gasteiger partial charge on any atom is 0.0588 e. The fraction of sp³-hybridized carbons (Fsp3) is 1.00. The van der Waals surface area contributed by atoms with Gasteiger partial charge in [0, 0.05) is 19.3 Å². The monoisotopic (exact) mass is 201 g/mol. The summed E-state index contributed by atoms with van der Waals surface area (Å²) < 4.78 is 5.54. The maximum absolute atomic E-state index is 8.81. The number of aliphatic hydroxyl groups is 1. The zero-order chi connectivity index (χ0) is 10.2. The van der Waals surface area contributed by atoms with Crippen LogP contribution < -0.4 is 5.32 Å². The summed E-state index contributed by atoms with van der Waals surface area (Å²) in [5, 5.41) is 12.3. The summed E-state index contributed by atoms with van der Waals surface area (Å²) >= 11 is 0. The third-order valence-corrected chi connectivity index (χ3v) is 2.89. The highest BCUT2D eigenvalue weighted by atomic mass is 16.5. The molecule has 0 radical (unpaired) electrons. The van der Waals surface area contributed by atoms with Crippen molar-refractivity contribution in [1.29, 1.82) is 0 Å². The lowest BCUT2D eigenvalue weighted by Gasteiger charge is -2.17. The molecular formula is C11H23NO2. The topological polar surface area (TPSA) is 41.5 Å². The van der Waals surface area contributed by atoms with E-state index in [4.69, 9.17) is 9.84 Å². The third-order valence-electron chi connectivity index (χ3n) is 2.89. The molecule has 0 bridgehead atoms. The van der Waals surface area contributed by atoms with Crippen LogP contribution in [-0.4, -0.2) is 37.0 Å². The molecule has 0 aromatic rings. The summed E-state index contributed by atoms with van der Waals surface area (Å²) in [4.78, 5) is 0. The van der Waals surface area contributed by atoms with E-state index in [0.717, 1.165) is 32.4 Å². The Hall–Kier alpha value is -0.120. The molecule has 0 saturated carbocycles. The van der Waals surface area contributed by atoms with Crippen LogP contribution in [0, 0.1) is 0 Å². The van der Waals surface area contributed by atoms with Crippen molar-refractivity contribution in [2.24, 2.45) is 0 Å². The first kappa shape index (κ1) is 12.0. The highest BCUT2D eigenvalue weighted by molar-refractivity contribution is 4.69. The summed E-state index contributed by atoms with van der Waals surface area (Å²) in [6, 6.07) is 0.474. The molecule has 1 saturated heterocycles. The van der Waals surface area contributed by atoms with Crippen molar-refractivity contribution >= 4 is 0 Å². The van der Waals surface area contributed by atoms with E-state index in [-0.39, 0.29) is 6.61 Å². The fourth-order valence-corrected chi connectivity index (χ4v) is 1.93. The Bertz CT molecular complexity index is 135. The molecule has 1 rings (SSSR count). The molecule has 1 fully saturated rings. The number of hydrogen-bond donors (Lipinski definition) is 2. The van der Waals surface area contributed by atoms with Gasteiger partial charge in [-0.3, -0.25) is 0 Å². The molecule has 14 heavy (non-hydrogen) atoms. The van der Waals surface area contributed by atoms with E-state index in [1.807, 2.05) is 0 Å². The van der Waals surface area contributed by atoms with Crippen LogP contribution in [0.4, 0.5) is 0 Å². The second-order valence-electron chi connectivity index (χ2n) is 4.00. The maximum atomic E-state index is 8.81. The predicted molar refractivity (Wildman–Crippen MR) is 57.4 cm³/mol. The molecule has 2 unspecified atom stereocenters. The van der Waals surface area contributed by atoms with Crippen LogP contribution >= 0.6 is 0 Å². The number of rotatable bonds is 7. The van der Waals surface area contributed by atoms with Gasteiger partial charge in [-0.15, -0.1) is 0 Å². The molecule has 1 aliphatic rings. The lowest BCUT2D eigenvalue weighted by Crippen LogP contribution is -2.31. The van der Waals surface area contributed by atoms with E-state index in [9.17, 15) is 0 Å². The molecule has 84 valence electrons. The van der Waals surface area contributed by atoms with Gasteiger partial charge in [-0.2, -0.15) is 0 Å². The summed E-state index contributed by atoms with van der Waals surface area (Å²) in [5.41, 5.74) is 0. The Kier molecular flexibility index (Phi) is 6.15. The Morgan fingerprint density at radius 1 is 1.57 bits per heavy atom. The fourth-order valence-electron chi connectivity index (χ4n) is 1.93. The summed E-state index contributed by atoms with van der Waals surface area (Å²) in [6.45, 7) is 4.40. The largest absolute Gasteiger partial charge is 0.396 e. The zero-order valence-corrected chi connectivity index (χ0v) is 9.17. The molecule has 1 heterocycles. The molecule has 0 aliphatic carbocycles. The van der Waals surface area contributed by atoms with Gasteiger partial charge >= 0.3 is 0 Å². The van der Waals surface area contributed by atoms with Crippen LogP contribution in [-0.2, 0) is 4.74 Å². The van der Waals surface area contributed by atoms with Crippen LogP contribution in [0.25, 0.3) is 0 Å². The first-order valence-corrected chi connectivity index (χ1v) is 5.82. The van der Waals surface area contributed by atoms with Gasteiger partial charge in [-0.1, -0.05) is 6.92 Å². The molecule has 2 N–H and O–H groups in total. The Morgan fingerprint density at radius 2 is 2.43 bits per heavy atom. The second kappa shape index (κ2) is 7.21. The number of nitrogens with one attached hydrogen (secondary N) is 1. The van der Waals surface area contributed by atoms with Gasteiger partial charge in [0.2, 0.25) is 0 Å². The van der Waals surface area contributed by atoms with Crippen molar-refractivity contribution in [2.45, 2.75) is 51.2 Å². The van der Waals surface area contributed by atoms with Gasteiger partial charge in [0.15, 0.2) is 0 Å². The van der Waals surface area contributed by atoms with E-state index >= 15 is 0 Å². The molecule has 0 aromatic heterocycles. The standard InChI is InChI=1S/C11H23NO2/c1-2-10(6-8-13)12-7-5-11-4-3-9-14-11/h10-13H,2-9H2,1H3. The van der Waals surface area contributed by atoms with Gasteiger partial charge in [0.1, 0.15) is 0 Å². The molecule has 0 spiro atoms. The Balaban J connectivity index is 2.00. The predicted octanol–water partition coefficient (Wildman–Crippen LogP) is 1.31. The zero-order valence-electron chi connectivity index (χ0n) is 9.17. The minimum atomic E-state index is 0.283. The normalized spacial score (nSPS) is 24.0. The van der Waals surface area contributed by atoms with Crippen molar-refractivity contribution in [3.63, 3.8) is 0 Å². The van der Waals surface area contributed by atoms with E-state index in [1.165, 1.54) is 12.8 Å². The van der Waals surface area contributed by atoms with Crippen molar-refractivity contribution in [3.05, 3.63) is 0 Å². The Morgan fingerprint density at radius 3 is 3.00 bits per heavy atom. The van der Waals surface area contributed by atoms with Gasteiger partial charge in [0.25, 0.3) is 0 Å². The highest BCUT2D eigenvalue weighted by Gasteiger charge is 2.15. The van der Waals surface area contributed by atoms with Crippen molar-refractivity contribution in [1.82, 2.24) is 5.32 Å². The van der Waals surface area contributed by atoms with Crippen LogP contribution in [0.5, 0.6) is 0 Å². The van der Waals surface area contributed by atoms with E-state index in [2.05, 4.69) is 12.2 Å². The van der Waals surface area contributed by atoms with Crippen molar-refractivity contribution in [3.8, 4) is 0 Å². The quantitative estimate of drug-likeness (QED) is 0.652. The second-order valence-corrected chi connectivity index (χ2v) is 4.00. The number of ether oxygens (including phenoxy) is 1. The summed E-state index contributed by atoms with van der Waals surface area (Å²) in [7, 11) is 0. The third kappa shape index (κ3) is 4.40. The highest BCUT2D eigenvalue weighted by Crippen LogP contribution is 2.14. The minimum Gasteiger partial charge on any atom is -0.396 e. The van der Waals surface area contributed by atoms with Gasteiger partial charge in [-0.25, -0.2) is 0 Å². The van der Waals surface area contributed by atoms with E-state index in [1.54, 1.807) is 0 Å². The van der Waals surface area contributed by atoms with Crippen molar-refractivity contribution < 1.29 is 9.84 Å². The lowest BCUT2D eigenvalue weighted by molar-refractivity contribution is 0.103. The van der Waals surface area contributed by atoms with Gasteiger partial charge < -0.3 is 15.2 Å². The average Bonchev–Trinajstić information content (AvgIpc) is 2.69. The average molecular weight is 201 g/mol. The first-order valence-electron chi connectivity index (χ1n) is 5.82. The van der Waals surface area contributed by atoms with Crippen LogP contribution in [0.3, 0.4) is 0 Å². The molecular weight excluding hydrogens is 178 g/mol. The molecule has 3 nitrogen and oxygen atoms in total. The smallest absolute Gasteiger partial charge is 0.0588 e. The van der Waals surface area contributed by atoms with E-state index in [0.29, 0.717) is 12.1 Å². The SMILES string of the molecule is CCC(CCO)NCCC1CCCO1. The van der Waals surface area contributed by atoms with Gasteiger partial charge in [0.05, 0.1) is 6.10 Å². The molecule has 2 atom stereocenters. The number of hydrogen-bond acceptors (Lipinski definition) is 3. The minimum absolute atomic E-state index is 0.283. The first-order chi connectivity index (χ1) is 6.86. The van der Waals surface area contributed by atoms with Crippen LogP contribution in [0.2, 0.25) is 0 Å². The number of aliphatic hydroxyl groups excluding tert-OH is 1. The summed E-state index contributed by atoms with van der Waals surface area (Å²) in [6.07, 6.45) is 5.99. The molecule has 0 amide bonds. The molecule has 1 aliphatic heterocycles. The lowest BCUT2D eigenvalue weighted by atomic mass is 10.1.